The Labute approximate surface area is 199 Å². The van der Waals surface area contributed by atoms with E-state index < -0.39 is 6.04 Å². The summed E-state index contributed by atoms with van der Waals surface area (Å²) < 4.78 is 14.0. The average molecular weight is 479 g/mol. The topological polar surface area (TPSA) is 49.4 Å². The van der Waals surface area contributed by atoms with E-state index >= 15 is 0 Å². The minimum absolute atomic E-state index is 0.0419. The maximum absolute atomic E-state index is 14.0. The van der Waals surface area contributed by atoms with Crippen LogP contribution in [0, 0.1) is 5.82 Å². The maximum atomic E-state index is 14.0. The molecule has 2 atom stereocenters. The molecule has 0 aliphatic rings. The van der Waals surface area contributed by atoms with Gasteiger partial charge in [0, 0.05) is 28.9 Å². The number of hydrogen-bond donors (Lipinski definition) is 1. The van der Waals surface area contributed by atoms with Gasteiger partial charge in [0.15, 0.2) is 0 Å². The van der Waals surface area contributed by atoms with Gasteiger partial charge in [0.25, 0.3) is 0 Å². The highest BCUT2D eigenvalue weighted by molar-refractivity contribution is 7.99. The van der Waals surface area contributed by atoms with Crippen LogP contribution in [-0.2, 0) is 21.8 Å². The Balaban J connectivity index is 2.10. The van der Waals surface area contributed by atoms with Crippen molar-refractivity contribution in [2.24, 2.45) is 0 Å². The van der Waals surface area contributed by atoms with Crippen molar-refractivity contribution in [1.29, 1.82) is 0 Å². The lowest BCUT2D eigenvalue weighted by Gasteiger charge is -2.31. The molecule has 2 rings (SSSR count). The number of thioether (sulfide) groups is 1. The van der Waals surface area contributed by atoms with Gasteiger partial charge in [0.2, 0.25) is 11.8 Å². The first kappa shape index (κ1) is 26.2. The lowest BCUT2D eigenvalue weighted by atomic mass is 10.1. The van der Waals surface area contributed by atoms with Crippen molar-refractivity contribution in [2.75, 3.05) is 12.3 Å². The molecule has 0 heterocycles. The molecule has 32 heavy (non-hydrogen) atoms. The molecule has 0 bridgehead atoms. The van der Waals surface area contributed by atoms with Crippen LogP contribution in [-0.4, -0.2) is 41.1 Å². The lowest BCUT2D eigenvalue weighted by molar-refractivity contribution is -0.139. The van der Waals surface area contributed by atoms with Crippen molar-refractivity contribution in [3.05, 3.63) is 70.5 Å². The van der Waals surface area contributed by atoms with Gasteiger partial charge in [-0.15, -0.1) is 11.8 Å². The second-order valence-electron chi connectivity index (χ2n) is 7.76. The van der Waals surface area contributed by atoms with Crippen molar-refractivity contribution in [1.82, 2.24) is 10.2 Å². The summed E-state index contributed by atoms with van der Waals surface area (Å²) in [5.41, 5.74) is 1.50. The molecule has 1 N–H and O–H groups in total. The van der Waals surface area contributed by atoms with Crippen LogP contribution in [0.1, 0.15) is 44.7 Å². The SMILES string of the molecule is CC[C@@H](C)NC(=O)[C@H](CC)N(CCc1ccccc1)C(=O)CSCc1c(F)cccc1Cl. The number of nitrogens with one attached hydrogen (secondary N) is 1. The molecule has 0 fully saturated rings. The number of carbonyl (C=O) groups excluding carboxylic acids is 2. The van der Waals surface area contributed by atoms with Gasteiger partial charge in [-0.2, -0.15) is 0 Å². The fourth-order valence-electron chi connectivity index (χ4n) is 3.33. The van der Waals surface area contributed by atoms with Gasteiger partial charge in [-0.3, -0.25) is 9.59 Å². The summed E-state index contributed by atoms with van der Waals surface area (Å²) in [5.74, 6) is -0.209. The van der Waals surface area contributed by atoms with E-state index in [2.05, 4.69) is 5.32 Å². The van der Waals surface area contributed by atoms with Crippen molar-refractivity contribution < 1.29 is 14.0 Å². The second kappa shape index (κ2) is 13.5. The van der Waals surface area contributed by atoms with E-state index in [1.54, 1.807) is 17.0 Å². The molecule has 4 nitrogen and oxygen atoms in total. The fourth-order valence-corrected chi connectivity index (χ4v) is 4.58. The monoisotopic (exact) mass is 478 g/mol. The predicted molar refractivity (Wildman–Crippen MR) is 131 cm³/mol. The molecule has 0 aliphatic carbocycles. The van der Waals surface area contributed by atoms with Crippen LogP contribution in [0.25, 0.3) is 0 Å². The van der Waals surface area contributed by atoms with Crippen LogP contribution in [0.15, 0.2) is 48.5 Å². The summed E-state index contributed by atoms with van der Waals surface area (Å²) in [6, 6.07) is 14.0. The van der Waals surface area contributed by atoms with Gasteiger partial charge >= 0.3 is 0 Å². The Morgan fingerprint density at radius 2 is 1.81 bits per heavy atom. The highest BCUT2D eigenvalue weighted by Crippen LogP contribution is 2.24. The Morgan fingerprint density at radius 3 is 2.44 bits per heavy atom. The zero-order chi connectivity index (χ0) is 23.5. The van der Waals surface area contributed by atoms with Gasteiger partial charge in [0.1, 0.15) is 11.9 Å². The smallest absolute Gasteiger partial charge is 0.243 e. The van der Waals surface area contributed by atoms with Crippen LogP contribution in [0.5, 0.6) is 0 Å². The van der Waals surface area contributed by atoms with Gasteiger partial charge in [-0.1, -0.05) is 61.8 Å². The van der Waals surface area contributed by atoms with Crippen LogP contribution in [0.2, 0.25) is 5.02 Å². The number of hydrogen-bond acceptors (Lipinski definition) is 3. The van der Waals surface area contributed by atoms with Gasteiger partial charge < -0.3 is 10.2 Å². The van der Waals surface area contributed by atoms with E-state index in [0.717, 1.165) is 12.0 Å². The third-order valence-corrected chi connectivity index (χ3v) is 6.70. The molecule has 0 saturated heterocycles. The summed E-state index contributed by atoms with van der Waals surface area (Å²) >= 11 is 7.40. The quantitative estimate of drug-likeness (QED) is 0.439. The molecule has 7 heteroatoms. The first-order chi connectivity index (χ1) is 15.4. The van der Waals surface area contributed by atoms with Gasteiger partial charge in [-0.05, 0) is 43.9 Å². The van der Waals surface area contributed by atoms with E-state index in [0.29, 0.717) is 35.7 Å². The van der Waals surface area contributed by atoms with E-state index in [1.807, 2.05) is 51.1 Å². The normalized spacial score (nSPS) is 12.8. The Morgan fingerprint density at radius 1 is 1.09 bits per heavy atom. The summed E-state index contributed by atoms with van der Waals surface area (Å²) in [4.78, 5) is 27.8. The molecule has 0 aromatic heterocycles. The minimum Gasteiger partial charge on any atom is -0.352 e. The number of carbonyl (C=O) groups is 2. The highest BCUT2D eigenvalue weighted by atomic mass is 35.5. The van der Waals surface area contributed by atoms with Gasteiger partial charge in [0.05, 0.1) is 5.75 Å². The molecule has 0 radical (unpaired) electrons. The van der Waals surface area contributed by atoms with E-state index in [-0.39, 0.29) is 29.4 Å². The lowest BCUT2D eigenvalue weighted by Crippen LogP contribution is -2.52. The molecule has 2 aromatic carbocycles. The largest absolute Gasteiger partial charge is 0.352 e. The standard InChI is InChI=1S/C25H32ClFN2O2S/c1-4-18(3)28-25(31)23(5-2)29(15-14-19-10-7-6-8-11-19)24(30)17-32-16-20-21(26)12-9-13-22(20)27/h6-13,18,23H,4-5,14-17H2,1-3H3,(H,28,31)/t18-,23+/m1/s1. The van der Waals surface area contributed by atoms with Crippen molar-refractivity contribution in [2.45, 2.75) is 57.9 Å². The van der Waals surface area contributed by atoms with Crippen molar-refractivity contribution >= 4 is 35.2 Å². The third-order valence-electron chi connectivity index (χ3n) is 5.40. The zero-order valence-electron chi connectivity index (χ0n) is 18.9. The third kappa shape index (κ3) is 7.82. The zero-order valence-corrected chi connectivity index (χ0v) is 20.5. The molecular formula is C25H32ClFN2O2S. The first-order valence-electron chi connectivity index (χ1n) is 11.0. The molecule has 0 unspecified atom stereocenters. The number of amides is 2. The maximum Gasteiger partial charge on any atom is 0.243 e. The van der Waals surface area contributed by atoms with Crippen LogP contribution >= 0.6 is 23.4 Å². The summed E-state index contributed by atoms with van der Waals surface area (Å²) in [6.07, 6.45) is 2.00. The number of rotatable bonds is 12. The Hall–Kier alpha value is -2.05. The van der Waals surface area contributed by atoms with Gasteiger partial charge in [-0.25, -0.2) is 4.39 Å². The summed E-state index contributed by atoms with van der Waals surface area (Å²) in [7, 11) is 0. The van der Waals surface area contributed by atoms with E-state index in [4.69, 9.17) is 11.6 Å². The van der Waals surface area contributed by atoms with Crippen LogP contribution < -0.4 is 5.32 Å². The molecule has 174 valence electrons. The Bertz CT molecular complexity index is 861. The average Bonchev–Trinajstić information content (AvgIpc) is 2.78. The van der Waals surface area contributed by atoms with E-state index in [1.165, 1.54) is 17.8 Å². The number of nitrogens with zero attached hydrogens (tertiary/aromatic N) is 1. The summed E-state index contributed by atoms with van der Waals surface area (Å²) in [6.45, 7) is 6.32. The Kier molecular flexibility index (Phi) is 11.0. The summed E-state index contributed by atoms with van der Waals surface area (Å²) in [5, 5.41) is 3.36. The van der Waals surface area contributed by atoms with Crippen molar-refractivity contribution in [3.63, 3.8) is 0 Å². The highest BCUT2D eigenvalue weighted by Gasteiger charge is 2.28. The number of halogens is 2. The predicted octanol–water partition coefficient (Wildman–Crippen LogP) is 5.48. The molecular weight excluding hydrogens is 447 g/mol. The molecule has 2 aromatic rings. The molecule has 0 aliphatic heterocycles. The van der Waals surface area contributed by atoms with Crippen LogP contribution in [0.3, 0.4) is 0 Å². The fraction of sp³-hybridized carbons (Fsp3) is 0.440. The van der Waals surface area contributed by atoms with E-state index in [9.17, 15) is 14.0 Å². The van der Waals surface area contributed by atoms with Crippen LogP contribution in [0.4, 0.5) is 4.39 Å². The molecule has 0 spiro atoms. The van der Waals surface area contributed by atoms with Crippen molar-refractivity contribution in [3.8, 4) is 0 Å². The molecule has 2 amide bonds. The number of benzene rings is 2. The molecule has 0 saturated carbocycles. The minimum atomic E-state index is -0.544. The first-order valence-corrected chi connectivity index (χ1v) is 12.5. The second-order valence-corrected chi connectivity index (χ2v) is 9.15.